The minimum atomic E-state index is 0.878. The Morgan fingerprint density at radius 2 is 1.46 bits per heavy atom. The SMILES string of the molecule is CCC[N+](C)(CCC)CC(C)CC. The zero-order valence-corrected chi connectivity index (χ0v) is 10.3. The normalized spacial score (nSPS) is 14.5. The standard InChI is InChI=1S/C12H28N/c1-6-9-13(5,10-7-2)11-12(4)8-3/h12H,6-11H2,1-5H3/q+1. The van der Waals surface area contributed by atoms with Crippen LogP contribution in [0.15, 0.2) is 0 Å². The lowest BCUT2D eigenvalue weighted by Gasteiger charge is -2.36. The van der Waals surface area contributed by atoms with Crippen molar-refractivity contribution in [2.24, 2.45) is 5.92 Å². The van der Waals surface area contributed by atoms with Gasteiger partial charge >= 0.3 is 0 Å². The smallest absolute Gasteiger partial charge is 0.0810 e. The van der Waals surface area contributed by atoms with Crippen LogP contribution >= 0.6 is 0 Å². The van der Waals surface area contributed by atoms with Crippen LogP contribution in [-0.4, -0.2) is 31.2 Å². The Hall–Kier alpha value is -0.0400. The van der Waals surface area contributed by atoms with Gasteiger partial charge in [-0.25, -0.2) is 0 Å². The van der Waals surface area contributed by atoms with Crippen LogP contribution in [0.2, 0.25) is 0 Å². The molecule has 0 aromatic rings. The van der Waals surface area contributed by atoms with Gasteiger partial charge in [-0.2, -0.15) is 0 Å². The van der Waals surface area contributed by atoms with Gasteiger partial charge in [0.1, 0.15) is 0 Å². The highest BCUT2D eigenvalue weighted by Gasteiger charge is 2.21. The van der Waals surface area contributed by atoms with Crippen molar-refractivity contribution in [2.45, 2.75) is 47.0 Å². The van der Waals surface area contributed by atoms with E-state index in [2.05, 4.69) is 34.7 Å². The van der Waals surface area contributed by atoms with E-state index >= 15 is 0 Å². The summed E-state index contributed by atoms with van der Waals surface area (Å²) in [5.74, 6) is 0.878. The van der Waals surface area contributed by atoms with Crippen molar-refractivity contribution >= 4 is 0 Å². The molecule has 0 aromatic heterocycles. The molecule has 0 amide bonds. The molecule has 0 saturated heterocycles. The Morgan fingerprint density at radius 3 is 1.77 bits per heavy atom. The molecule has 0 rings (SSSR count). The van der Waals surface area contributed by atoms with Gasteiger partial charge in [0.25, 0.3) is 0 Å². The van der Waals surface area contributed by atoms with Crippen molar-refractivity contribution in [1.82, 2.24) is 0 Å². The predicted octanol–water partition coefficient (Wildman–Crippen LogP) is 3.30. The second-order valence-corrected chi connectivity index (χ2v) is 4.76. The lowest BCUT2D eigenvalue weighted by Crippen LogP contribution is -2.47. The van der Waals surface area contributed by atoms with E-state index < -0.39 is 0 Å². The van der Waals surface area contributed by atoms with Crippen molar-refractivity contribution in [3.05, 3.63) is 0 Å². The summed E-state index contributed by atoms with van der Waals surface area (Å²) in [4.78, 5) is 0. The maximum absolute atomic E-state index is 2.42. The Balaban J connectivity index is 4.05. The molecule has 0 radical (unpaired) electrons. The van der Waals surface area contributed by atoms with Crippen LogP contribution in [0.1, 0.15) is 47.0 Å². The van der Waals surface area contributed by atoms with E-state index in [4.69, 9.17) is 0 Å². The Kier molecular flexibility index (Phi) is 6.40. The van der Waals surface area contributed by atoms with E-state index in [0.29, 0.717) is 0 Å². The maximum Gasteiger partial charge on any atom is 0.0810 e. The molecule has 0 saturated carbocycles. The number of nitrogens with zero attached hydrogens (tertiary/aromatic N) is 1. The van der Waals surface area contributed by atoms with E-state index in [9.17, 15) is 0 Å². The van der Waals surface area contributed by atoms with Gasteiger partial charge < -0.3 is 4.48 Å². The van der Waals surface area contributed by atoms with Crippen LogP contribution in [-0.2, 0) is 0 Å². The van der Waals surface area contributed by atoms with Crippen LogP contribution in [0, 0.1) is 5.92 Å². The van der Waals surface area contributed by atoms with Crippen molar-refractivity contribution < 1.29 is 4.48 Å². The van der Waals surface area contributed by atoms with Crippen molar-refractivity contribution in [3.63, 3.8) is 0 Å². The van der Waals surface area contributed by atoms with Gasteiger partial charge in [0.15, 0.2) is 0 Å². The van der Waals surface area contributed by atoms with Gasteiger partial charge in [-0.05, 0) is 19.3 Å². The molecule has 0 N–H and O–H groups in total. The zero-order valence-electron chi connectivity index (χ0n) is 10.3. The third kappa shape index (κ3) is 5.30. The molecular weight excluding hydrogens is 158 g/mol. The summed E-state index contributed by atoms with van der Waals surface area (Å²) < 4.78 is 1.28. The summed E-state index contributed by atoms with van der Waals surface area (Å²) in [5, 5.41) is 0. The molecule has 0 aliphatic carbocycles. The number of hydrogen-bond acceptors (Lipinski definition) is 0. The highest BCUT2D eigenvalue weighted by molar-refractivity contribution is 4.49. The minimum Gasteiger partial charge on any atom is -0.326 e. The predicted molar refractivity (Wildman–Crippen MR) is 60.8 cm³/mol. The third-order valence-electron chi connectivity index (χ3n) is 2.98. The Morgan fingerprint density at radius 1 is 1.00 bits per heavy atom. The first kappa shape index (κ1) is 13.0. The fourth-order valence-electron chi connectivity index (χ4n) is 2.26. The van der Waals surface area contributed by atoms with Gasteiger partial charge in [-0.3, -0.25) is 0 Å². The Labute approximate surface area is 84.7 Å². The van der Waals surface area contributed by atoms with E-state index in [0.717, 1.165) is 5.92 Å². The van der Waals surface area contributed by atoms with E-state index in [1.807, 2.05) is 0 Å². The fourth-order valence-corrected chi connectivity index (χ4v) is 2.26. The summed E-state index contributed by atoms with van der Waals surface area (Å²) >= 11 is 0. The van der Waals surface area contributed by atoms with E-state index in [-0.39, 0.29) is 0 Å². The molecule has 1 unspecified atom stereocenters. The second-order valence-electron chi connectivity index (χ2n) is 4.76. The quantitative estimate of drug-likeness (QED) is 0.535. The molecule has 0 fully saturated rings. The zero-order chi connectivity index (χ0) is 10.3. The fraction of sp³-hybridized carbons (Fsp3) is 1.00. The van der Waals surface area contributed by atoms with E-state index in [1.165, 1.54) is 43.4 Å². The lowest BCUT2D eigenvalue weighted by atomic mass is 10.1. The molecule has 0 aliphatic rings. The van der Waals surface area contributed by atoms with E-state index in [1.54, 1.807) is 0 Å². The van der Waals surface area contributed by atoms with Crippen molar-refractivity contribution in [1.29, 1.82) is 0 Å². The molecule has 1 heteroatoms. The van der Waals surface area contributed by atoms with Crippen LogP contribution in [0.3, 0.4) is 0 Å². The first-order valence-electron chi connectivity index (χ1n) is 5.91. The summed E-state index contributed by atoms with van der Waals surface area (Å²) in [6.45, 7) is 13.3. The summed E-state index contributed by atoms with van der Waals surface area (Å²) in [6, 6.07) is 0. The molecule has 0 bridgehead atoms. The average Bonchev–Trinajstić information content (AvgIpc) is 2.04. The maximum atomic E-state index is 2.42. The number of rotatable bonds is 7. The topological polar surface area (TPSA) is 0 Å². The molecule has 1 nitrogen and oxygen atoms in total. The summed E-state index contributed by atoms with van der Waals surface area (Å²) in [6.07, 6.45) is 3.95. The number of quaternary nitrogens is 1. The molecule has 0 aliphatic heterocycles. The average molecular weight is 186 g/mol. The van der Waals surface area contributed by atoms with Crippen LogP contribution in [0.25, 0.3) is 0 Å². The molecular formula is C12H28N+. The highest BCUT2D eigenvalue weighted by atomic mass is 15.3. The summed E-state index contributed by atoms with van der Waals surface area (Å²) in [7, 11) is 2.42. The number of hydrogen-bond donors (Lipinski definition) is 0. The minimum absolute atomic E-state index is 0.878. The van der Waals surface area contributed by atoms with Crippen molar-refractivity contribution in [3.8, 4) is 0 Å². The van der Waals surface area contributed by atoms with Gasteiger partial charge in [0, 0.05) is 5.92 Å². The second kappa shape index (κ2) is 6.42. The van der Waals surface area contributed by atoms with Gasteiger partial charge in [0.2, 0.25) is 0 Å². The molecule has 1 atom stereocenters. The van der Waals surface area contributed by atoms with Gasteiger partial charge in [-0.1, -0.05) is 27.7 Å². The molecule has 0 heterocycles. The summed E-state index contributed by atoms with van der Waals surface area (Å²) in [5.41, 5.74) is 0. The molecule has 80 valence electrons. The van der Waals surface area contributed by atoms with Crippen molar-refractivity contribution in [2.75, 3.05) is 26.7 Å². The monoisotopic (exact) mass is 186 g/mol. The molecule has 0 spiro atoms. The molecule has 13 heavy (non-hydrogen) atoms. The van der Waals surface area contributed by atoms with Crippen LogP contribution < -0.4 is 0 Å². The molecule has 0 aromatic carbocycles. The first-order chi connectivity index (χ1) is 6.08. The Bertz CT molecular complexity index is 114. The van der Waals surface area contributed by atoms with Crippen LogP contribution in [0.4, 0.5) is 0 Å². The van der Waals surface area contributed by atoms with Gasteiger partial charge in [-0.15, -0.1) is 0 Å². The van der Waals surface area contributed by atoms with Gasteiger partial charge in [0.05, 0.1) is 26.7 Å². The highest BCUT2D eigenvalue weighted by Crippen LogP contribution is 2.12. The third-order valence-corrected chi connectivity index (χ3v) is 2.98. The van der Waals surface area contributed by atoms with Crippen LogP contribution in [0.5, 0.6) is 0 Å². The largest absolute Gasteiger partial charge is 0.326 e. The lowest BCUT2D eigenvalue weighted by molar-refractivity contribution is -0.912. The first-order valence-corrected chi connectivity index (χ1v) is 5.91.